The van der Waals surface area contributed by atoms with Gasteiger partial charge in [0.05, 0.1) is 19.8 Å². The van der Waals surface area contributed by atoms with Crippen molar-refractivity contribution in [2.45, 2.75) is 19.2 Å². The number of aliphatic hydroxyl groups excluding tert-OH is 1. The van der Waals surface area contributed by atoms with Crippen LogP contribution in [-0.2, 0) is 11.3 Å². The van der Waals surface area contributed by atoms with Crippen molar-refractivity contribution < 1.29 is 27.8 Å². The highest BCUT2D eigenvalue weighted by atomic mass is 19.4. The molecule has 1 rings (SSSR count). The third kappa shape index (κ3) is 5.88. The van der Waals surface area contributed by atoms with Crippen molar-refractivity contribution in [3.63, 3.8) is 0 Å². The van der Waals surface area contributed by atoms with E-state index in [1.165, 1.54) is 0 Å². The second-order valence-corrected chi connectivity index (χ2v) is 3.64. The van der Waals surface area contributed by atoms with Crippen LogP contribution in [0.15, 0.2) is 24.3 Å². The minimum absolute atomic E-state index is 0.0131. The van der Waals surface area contributed by atoms with Crippen LogP contribution in [0.2, 0.25) is 0 Å². The lowest BCUT2D eigenvalue weighted by Gasteiger charge is -2.10. The third-order valence-electron chi connectivity index (χ3n) is 2.10. The van der Waals surface area contributed by atoms with Crippen molar-refractivity contribution in [2.24, 2.45) is 0 Å². The molecule has 102 valence electrons. The minimum Gasteiger partial charge on any atom is -0.493 e. The first-order valence-electron chi connectivity index (χ1n) is 5.49. The van der Waals surface area contributed by atoms with Crippen molar-refractivity contribution >= 4 is 0 Å². The number of halogens is 3. The summed E-state index contributed by atoms with van der Waals surface area (Å²) in [5.41, 5.74) is 0.647. The average molecular weight is 264 g/mol. The Hall–Kier alpha value is -1.27. The molecule has 0 unspecified atom stereocenters. The summed E-state index contributed by atoms with van der Waals surface area (Å²) < 4.78 is 45.0. The van der Waals surface area contributed by atoms with Crippen LogP contribution in [0.25, 0.3) is 0 Å². The van der Waals surface area contributed by atoms with Crippen molar-refractivity contribution in [1.82, 2.24) is 0 Å². The van der Waals surface area contributed by atoms with Gasteiger partial charge in [-0.3, -0.25) is 0 Å². The lowest BCUT2D eigenvalue weighted by Crippen LogP contribution is -2.18. The van der Waals surface area contributed by atoms with Gasteiger partial charge in [-0.25, -0.2) is 0 Å². The molecule has 1 aromatic rings. The van der Waals surface area contributed by atoms with Crippen molar-refractivity contribution in [2.75, 3.05) is 19.8 Å². The Balaban J connectivity index is 2.18. The lowest BCUT2D eigenvalue weighted by molar-refractivity contribution is -0.174. The van der Waals surface area contributed by atoms with E-state index in [1.807, 2.05) is 0 Å². The van der Waals surface area contributed by atoms with E-state index < -0.39 is 12.8 Å². The Labute approximate surface area is 103 Å². The van der Waals surface area contributed by atoms with Crippen LogP contribution in [0.1, 0.15) is 12.0 Å². The van der Waals surface area contributed by atoms with Gasteiger partial charge in [0.15, 0.2) is 0 Å². The summed E-state index contributed by atoms with van der Waals surface area (Å²) in [5, 5.41) is 9.02. The molecule has 1 aromatic carbocycles. The molecule has 3 nitrogen and oxygen atoms in total. The highest BCUT2D eigenvalue weighted by molar-refractivity contribution is 5.32. The van der Waals surface area contributed by atoms with Crippen LogP contribution in [0.5, 0.6) is 5.75 Å². The van der Waals surface area contributed by atoms with Gasteiger partial charge in [0, 0.05) is 12.0 Å². The molecule has 0 heterocycles. The van der Waals surface area contributed by atoms with Gasteiger partial charge in [0.25, 0.3) is 0 Å². The van der Waals surface area contributed by atoms with E-state index in [0.717, 1.165) is 0 Å². The van der Waals surface area contributed by atoms with Gasteiger partial charge in [0.2, 0.25) is 0 Å². The molecule has 0 saturated heterocycles. The molecule has 0 aliphatic rings. The number of hydrogen-bond acceptors (Lipinski definition) is 3. The SMILES string of the molecule is OCc1ccccc1OCCCOCC(F)(F)F. The zero-order chi connectivity index (χ0) is 13.4. The molecule has 0 bridgehead atoms. The third-order valence-corrected chi connectivity index (χ3v) is 2.10. The molecule has 0 spiro atoms. The van der Waals surface area contributed by atoms with Crippen LogP contribution < -0.4 is 4.74 Å². The molecular weight excluding hydrogens is 249 g/mol. The highest BCUT2D eigenvalue weighted by Gasteiger charge is 2.27. The largest absolute Gasteiger partial charge is 0.493 e. The van der Waals surface area contributed by atoms with Gasteiger partial charge in [-0.1, -0.05) is 18.2 Å². The van der Waals surface area contributed by atoms with Crippen LogP contribution in [0, 0.1) is 0 Å². The van der Waals surface area contributed by atoms with Crippen molar-refractivity contribution in [3.05, 3.63) is 29.8 Å². The summed E-state index contributed by atoms with van der Waals surface area (Å²) in [6.07, 6.45) is -3.93. The number of para-hydroxylation sites is 1. The van der Waals surface area contributed by atoms with E-state index in [4.69, 9.17) is 9.84 Å². The highest BCUT2D eigenvalue weighted by Crippen LogP contribution is 2.18. The second-order valence-electron chi connectivity index (χ2n) is 3.64. The molecule has 0 aliphatic heterocycles. The molecule has 0 radical (unpaired) electrons. The molecule has 0 aromatic heterocycles. The monoisotopic (exact) mass is 264 g/mol. The summed E-state index contributed by atoms with van der Waals surface area (Å²) in [4.78, 5) is 0. The predicted octanol–water partition coefficient (Wildman–Crippen LogP) is 2.53. The summed E-state index contributed by atoms with van der Waals surface area (Å²) >= 11 is 0. The van der Waals surface area contributed by atoms with E-state index in [0.29, 0.717) is 17.7 Å². The van der Waals surface area contributed by atoms with Crippen molar-refractivity contribution in [3.8, 4) is 5.75 Å². The van der Waals surface area contributed by atoms with Gasteiger partial charge in [-0.15, -0.1) is 0 Å². The Kier molecular flexibility index (Phi) is 5.94. The Morgan fingerprint density at radius 3 is 2.50 bits per heavy atom. The second kappa shape index (κ2) is 7.23. The van der Waals surface area contributed by atoms with Crippen LogP contribution in [0.3, 0.4) is 0 Å². The Morgan fingerprint density at radius 2 is 1.83 bits per heavy atom. The molecule has 0 fully saturated rings. The fourth-order valence-electron chi connectivity index (χ4n) is 1.31. The Morgan fingerprint density at radius 1 is 1.11 bits per heavy atom. The minimum atomic E-state index is -4.29. The van der Waals surface area contributed by atoms with Gasteiger partial charge < -0.3 is 14.6 Å². The smallest absolute Gasteiger partial charge is 0.411 e. The molecule has 0 amide bonds. The van der Waals surface area contributed by atoms with E-state index >= 15 is 0 Å². The van der Waals surface area contributed by atoms with Gasteiger partial charge >= 0.3 is 6.18 Å². The molecule has 0 saturated carbocycles. The molecule has 6 heteroatoms. The van der Waals surface area contributed by atoms with Crippen LogP contribution in [-0.4, -0.2) is 31.1 Å². The maximum atomic E-state index is 11.7. The fourth-order valence-corrected chi connectivity index (χ4v) is 1.31. The van der Waals surface area contributed by atoms with E-state index in [9.17, 15) is 13.2 Å². The number of aliphatic hydroxyl groups is 1. The van der Waals surface area contributed by atoms with Crippen molar-refractivity contribution in [1.29, 1.82) is 0 Å². The first-order valence-corrected chi connectivity index (χ1v) is 5.49. The quantitative estimate of drug-likeness (QED) is 0.769. The summed E-state index contributed by atoms with van der Waals surface area (Å²) in [5.74, 6) is 0.538. The zero-order valence-electron chi connectivity index (χ0n) is 9.74. The number of benzene rings is 1. The number of alkyl halides is 3. The predicted molar refractivity (Wildman–Crippen MR) is 59.4 cm³/mol. The Bertz CT molecular complexity index is 353. The van der Waals surface area contributed by atoms with Gasteiger partial charge in [-0.05, 0) is 6.07 Å². The molecule has 18 heavy (non-hydrogen) atoms. The van der Waals surface area contributed by atoms with E-state index in [-0.39, 0.29) is 19.8 Å². The number of ether oxygens (including phenoxy) is 2. The van der Waals surface area contributed by atoms with Crippen LogP contribution in [0.4, 0.5) is 13.2 Å². The summed E-state index contributed by atoms with van der Waals surface area (Å²) in [6.45, 7) is -1.14. The number of hydrogen-bond donors (Lipinski definition) is 1. The fraction of sp³-hybridized carbons (Fsp3) is 0.500. The zero-order valence-corrected chi connectivity index (χ0v) is 9.74. The number of rotatable bonds is 7. The van der Waals surface area contributed by atoms with Gasteiger partial charge in [0.1, 0.15) is 12.4 Å². The topological polar surface area (TPSA) is 38.7 Å². The molecular formula is C12H15F3O3. The average Bonchev–Trinajstić information content (AvgIpc) is 2.32. The molecule has 0 atom stereocenters. The van der Waals surface area contributed by atoms with Crippen LogP contribution >= 0.6 is 0 Å². The maximum Gasteiger partial charge on any atom is 0.411 e. The summed E-state index contributed by atoms with van der Waals surface area (Å²) in [7, 11) is 0. The van der Waals surface area contributed by atoms with E-state index in [1.54, 1.807) is 24.3 Å². The standard InChI is InChI=1S/C12H15F3O3/c13-12(14,15)9-17-6-3-7-18-11-5-2-1-4-10(11)8-16/h1-2,4-5,16H,3,6-9H2. The lowest BCUT2D eigenvalue weighted by atomic mass is 10.2. The summed E-state index contributed by atoms with van der Waals surface area (Å²) in [6, 6.07) is 6.94. The molecule has 1 N–H and O–H groups in total. The maximum absolute atomic E-state index is 11.7. The normalized spacial score (nSPS) is 11.6. The first kappa shape index (κ1) is 14.8. The first-order chi connectivity index (χ1) is 8.53. The molecule has 0 aliphatic carbocycles. The van der Waals surface area contributed by atoms with Gasteiger partial charge in [-0.2, -0.15) is 13.2 Å². The van der Waals surface area contributed by atoms with E-state index in [2.05, 4.69) is 4.74 Å².